The van der Waals surface area contributed by atoms with Crippen LogP contribution in [0, 0.1) is 18.8 Å². The van der Waals surface area contributed by atoms with Crippen LogP contribution in [-0.2, 0) is 14.4 Å². The van der Waals surface area contributed by atoms with Crippen LogP contribution in [0.4, 0.5) is 11.4 Å². The zero-order valence-electron chi connectivity index (χ0n) is 18.2. The zero-order valence-corrected chi connectivity index (χ0v) is 19.8. The van der Waals surface area contributed by atoms with Crippen molar-refractivity contribution in [3.05, 3.63) is 48.0 Å². The lowest BCUT2D eigenvalue weighted by atomic mass is 9.78. The molecule has 9 heteroatoms. The molecule has 2 atom stereocenters. The number of carbonyl (C=O) groups is 3. The number of hydrogen-bond donors (Lipinski definition) is 3. The summed E-state index contributed by atoms with van der Waals surface area (Å²) in [5.41, 5.74) is 3.23. The number of carboxylic acids is 1. The molecule has 1 aliphatic carbocycles. The number of anilines is 2. The molecule has 1 saturated carbocycles. The van der Waals surface area contributed by atoms with Crippen LogP contribution in [0.2, 0.25) is 0 Å². The first-order chi connectivity index (χ1) is 15.9. The van der Waals surface area contributed by atoms with E-state index in [2.05, 4.69) is 15.6 Å². The molecule has 0 unspecified atom stereocenters. The number of benzene rings is 2. The topological polar surface area (TPSA) is 108 Å². The monoisotopic (exact) mass is 483 g/mol. The number of carbonyl (C=O) groups excluding carboxylic acids is 2. The number of aromatic nitrogens is 1. The van der Waals surface area contributed by atoms with Gasteiger partial charge in [0.1, 0.15) is 0 Å². The maximum atomic E-state index is 12.7. The van der Waals surface area contributed by atoms with E-state index in [1.165, 1.54) is 23.1 Å². The number of thioether (sulfide) groups is 1. The van der Waals surface area contributed by atoms with Crippen molar-refractivity contribution < 1.29 is 19.5 Å². The second kappa shape index (κ2) is 10.4. The van der Waals surface area contributed by atoms with E-state index in [4.69, 9.17) is 0 Å². The lowest BCUT2D eigenvalue weighted by Crippen LogP contribution is -2.36. The number of fused-ring (bicyclic) bond motifs is 1. The average Bonchev–Trinajstić information content (AvgIpc) is 3.21. The van der Waals surface area contributed by atoms with Gasteiger partial charge in [0.2, 0.25) is 11.8 Å². The fourth-order valence-corrected chi connectivity index (χ4v) is 5.95. The zero-order chi connectivity index (χ0) is 23.4. The number of thiazole rings is 1. The molecule has 4 rings (SSSR count). The fourth-order valence-electron chi connectivity index (χ4n) is 4.04. The largest absolute Gasteiger partial charge is 0.481 e. The van der Waals surface area contributed by atoms with Crippen LogP contribution >= 0.6 is 23.1 Å². The number of aliphatic carboxylic acids is 1. The molecule has 2 amide bonds. The van der Waals surface area contributed by atoms with E-state index in [1.807, 2.05) is 43.3 Å². The van der Waals surface area contributed by atoms with Crippen LogP contribution in [0.3, 0.4) is 0 Å². The molecule has 0 saturated heterocycles. The van der Waals surface area contributed by atoms with E-state index >= 15 is 0 Å². The minimum atomic E-state index is -0.902. The van der Waals surface area contributed by atoms with E-state index in [1.54, 1.807) is 6.07 Å². The van der Waals surface area contributed by atoms with Gasteiger partial charge in [-0.05, 0) is 49.6 Å². The predicted molar refractivity (Wildman–Crippen MR) is 132 cm³/mol. The second-order valence-electron chi connectivity index (χ2n) is 8.14. The second-order valence-corrected chi connectivity index (χ2v) is 10.4. The molecule has 1 fully saturated rings. The highest BCUT2D eigenvalue weighted by molar-refractivity contribution is 8.01. The quantitative estimate of drug-likeness (QED) is 0.400. The molecule has 0 spiro atoms. The van der Waals surface area contributed by atoms with Crippen LogP contribution in [0.5, 0.6) is 0 Å². The molecule has 33 heavy (non-hydrogen) atoms. The molecule has 1 aliphatic rings. The summed E-state index contributed by atoms with van der Waals surface area (Å²) < 4.78 is 1.67. The number of carboxylic acid groups (broad SMARTS) is 1. The van der Waals surface area contributed by atoms with Crippen molar-refractivity contribution in [1.29, 1.82) is 0 Å². The maximum Gasteiger partial charge on any atom is 0.307 e. The summed E-state index contributed by atoms with van der Waals surface area (Å²) in [6, 6.07) is 13.1. The van der Waals surface area contributed by atoms with Crippen molar-refractivity contribution in [2.75, 3.05) is 16.4 Å². The molecule has 0 aliphatic heterocycles. The van der Waals surface area contributed by atoms with Crippen LogP contribution in [0.15, 0.2) is 46.8 Å². The summed E-state index contributed by atoms with van der Waals surface area (Å²) in [6.45, 7) is 1.95. The summed E-state index contributed by atoms with van der Waals surface area (Å²) in [4.78, 5) is 41.1. The van der Waals surface area contributed by atoms with Crippen LogP contribution in [-0.4, -0.2) is 33.6 Å². The Morgan fingerprint density at radius 3 is 2.61 bits per heavy atom. The Morgan fingerprint density at radius 2 is 1.85 bits per heavy atom. The van der Waals surface area contributed by atoms with E-state index < -0.39 is 17.8 Å². The number of hydrogen-bond acceptors (Lipinski definition) is 6. The van der Waals surface area contributed by atoms with Crippen molar-refractivity contribution in [3.63, 3.8) is 0 Å². The van der Waals surface area contributed by atoms with Gasteiger partial charge in [0.05, 0.1) is 27.8 Å². The molecular formula is C24H25N3O4S2. The minimum Gasteiger partial charge on any atom is -0.481 e. The SMILES string of the molecule is Cc1ccccc1NC(=O)CSc1nc2ccc(NC(=O)[C@H]3CCCC[C@@H]3C(=O)O)cc2s1. The van der Waals surface area contributed by atoms with E-state index in [0.717, 1.165) is 38.6 Å². The van der Waals surface area contributed by atoms with E-state index in [-0.39, 0.29) is 17.6 Å². The molecule has 3 N–H and O–H groups in total. The molecule has 172 valence electrons. The average molecular weight is 484 g/mol. The molecule has 0 radical (unpaired) electrons. The lowest BCUT2D eigenvalue weighted by Gasteiger charge is -2.27. The molecular weight excluding hydrogens is 458 g/mol. The highest BCUT2D eigenvalue weighted by Crippen LogP contribution is 2.33. The Hall–Kier alpha value is -2.91. The smallest absolute Gasteiger partial charge is 0.307 e. The summed E-state index contributed by atoms with van der Waals surface area (Å²) in [5.74, 6) is -2.13. The standard InChI is InChI=1S/C24H25N3O4S2/c1-14-6-2-5-9-18(14)26-21(28)13-32-24-27-19-11-10-15(12-20(19)33-24)25-22(29)16-7-3-4-8-17(16)23(30)31/h2,5-6,9-12,16-17H,3-4,7-8,13H2,1H3,(H,25,29)(H,26,28)(H,30,31)/t16-,17-/m0/s1. The van der Waals surface area contributed by atoms with Gasteiger partial charge in [-0.15, -0.1) is 11.3 Å². The third-order valence-corrected chi connectivity index (χ3v) is 7.96. The van der Waals surface area contributed by atoms with Gasteiger partial charge in [-0.2, -0.15) is 0 Å². The van der Waals surface area contributed by atoms with Crippen molar-refractivity contribution in [1.82, 2.24) is 4.98 Å². The van der Waals surface area contributed by atoms with Crippen LogP contribution in [0.1, 0.15) is 31.2 Å². The van der Waals surface area contributed by atoms with Gasteiger partial charge >= 0.3 is 5.97 Å². The minimum absolute atomic E-state index is 0.0954. The number of para-hydroxylation sites is 1. The van der Waals surface area contributed by atoms with Gasteiger partial charge in [0.15, 0.2) is 4.34 Å². The Balaban J connectivity index is 1.38. The third-order valence-electron chi connectivity index (χ3n) is 5.80. The highest BCUT2D eigenvalue weighted by Gasteiger charge is 2.35. The van der Waals surface area contributed by atoms with Gasteiger partial charge in [-0.1, -0.05) is 42.8 Å². The van der Waals surface area contributed by atoms with Crippen molar-refractivity contribution in [3.8, 4) is 0 Å². The first-order valence-electron chi connectivity index (χ1n) is 10.8. The summed E-state index contributed by atoms with van der Waals surface area (Å²) >= 11 is 2.83. The van der Waals surface area contributed by atoms with Gasteiger partial charge < -0.3 is 15.7 Å². The lowest BCUT2D eigenvalue weighted by molar-refractivity contribution is -0.147. The number of aryl methyl sites for hydroxylation is 1. The summed E-state index contributed by atoms with van der Waals surface area (Å²) in [6.07, 6.45) is 2.85. The molecule has 1 aromatic heterocycles. The number of nitrogens with one attached hydrogen (secondary N) is 2. The normalized spacial score (nSPS) is 18.1. The van der Waals surface area contributed by atoms with Crippen molar-refractivity contribution in [2.45, 2.75) is 36.9 Å². The van der Waals surface area contributed by atoms with Crippen molar-refractivity contribution in [2.24, 2.45) is 11.8 Å². The number of amides is 2. The summed E-state index contributed by atoms with van der Waals surface area (Å²) in [7, 11) is 0. The Kier molecular flexibility index (Phi) is 7.29. The fraction of sp³-hybridized carbons (Fsp3) is 0.333. The molecule has 3 aromatic rings. The van der Waals surface area contributed by atoms with Crippen LogP contribution < -0.4 is 10.6 Å². The van der Waals surface area contributed by atoms with E-state index in [9.17, 15) is 19.5 Å². The molecule has 2 aromatic carbocycles. The van der Waals surface area contributed by atoms with Gasteiger partial charge in [-0.3, -0.25) is 14.4 Å². The number of nitrogens with zero attached hydrogens (tertiary/aromatic N) is 1. The first kappa shape index (κ1) is 23.3. The van der Waals surface area contributed by atoms with Crippen LogP contribution in [0.25, 0.3) is 10.2 Å². The Labute approximate surface area is 200 Å². The van der Waals surface area contributed by atoms with Crippen molar-refractivity contribution >= 4 is 62.5 Å². The van der Waals surface area contributed by atoms with E-state index in [0.29, 0.717) is 18.5 Å². The first-order valence-corrected chi connectivity index (χ1v) is 12.6. The highest BCUT2D eigenvalue weighted by atomic mass is 32.2. The Morgan fingerprint density at radius 1 is 1.09 bits per heavy atom. The summed E-state index contributed by atoms with van der Waals surface area (Å²) in [5, 5.41) is 15.2. The molecule has 7 nitrogen and oxygen atoms in total. The third kappa shape index (κ3) is 5.72. The maximum absolute atomic E-state index is 12.7. The van der Waals surface area contributed by atoms with Gasteiger partial charge in [0.25, 0.3) is 0 Å². The predicted octanol–water partition coefficient (Wildman–Crippen LogP) is 5.17. The Bertz CT molecular complexity index is 1190. The molecule has 1 heterocycles. The van der Waals surface area contributed by atoms with Gasteiger partial charge in [0, 0.05) is 11.4 Å². The molecule has 0 bridgehead atoms. The van der Waals surface area contributed by atoms with Gasteiger partial charge in [-0.25, -0.2) is 4.98 Å². The number of rotatable bonds is 7.